The summed E-state index contributed by atoms with van der Waals surface area (Å²) < 4.78 is 20.7. The van der Waals surface area contributed by atoms with Crippen LogP contribution in [0.15, 0.2) is 59.4 Å². The van der Waals surface area contributed by atoms with Gasteiger partial charge in [-0.05, 0) is 42.0 Å². The number of nitrogens with one attached hydrogen (secondary N) is 2. The van der Waals surface area contributed by atoms with Crippen LogP contribution >= 0.6 is 0 Å². The number of amides is 1. The largest absolute Gasteiger partial charge is 0.364 e. The third kappa shape index (κ3) is 5.03. The molecule has 1 aromatic heterocycles. The lowest BCUT2D eigenvalue weighted by atomic mass is 9.87. The van der Waals surface area contributed by atoms with Gasteiger partial charge in [0.25, 0.3) is 0 Å². The fourth-order valence-electron chi connectivity index (χ4n) is 4.29. The Kier molecular flexibility index (Phi) is 6.99. The summed E-state index contributed by atoms with van der Waals surface area (Å²) in [6.45, 7) is 4.61. The molecule has 2 heterocycles. The molecule has 1 aliphatic rings. The molecule has 0 bridgehead atoms. The number of hydrogen-bond acceptors (Lipinski definition) is 5. The highest BCUT2D eigenvalue weighted by Gasteiger charge is 2.31. The van der Waals surface area contributed by atoms with Gasteiger partial charge in [0.15, 0.2) is 5.78 Å². The van der Waals surface area contributed by atoms with E-state index in [4.69, 9.17) is 4.52 Å². The van der Waals surface area contributed by atoms with Crippen molar-refractivity contribution in [3.8, 4) is 11.1 Å². The topological polar surface area (TPSA) is 84.2 Å². The van der Waals surface area contributed by atoms with E-state index in [0.29, 0.717) is 34.2 Å². The Morgan fingerprint density at radius 1 is 1.18 bits per heavy atom. The lowest BCUT2D eigenvalue weighted by molar-refractivity contribution is -0.128. The molecule has 0 spiro atoms. The molecule has 2 unspecified atom stereocenters. The summed E-state index contributed by atoms with van der Waals surface area (Å²) in [6, 6.07) is 11.2. The van der Waals surface area contributed by atoms with Crippen LogP contribution in [0.5, 0.6) is 0 Å². The average Bonchev–Trinajstić information content (AvgIpc) is 3.52. The van der Waals surface area contributed by atoms with Gasteiger partial charge in [0.05, 0.1) is 12.2 Å². The zero-order chi connectivity index (χ0) is 23.4. The maximum atomic E-state index is 15.8. The molecule has 1 amide bonds. The van der Waals surface area contributed by atoms with Gasteiger partial charge in [-0.2, -0.15) is 0 Å². The minimum atomic E-state index is -1.01. The van der Waals surface area contributed by atoms with E-state index in [-0.39, 0.29) is 35.9 Å². The first kappa shape index (κ1) is 22.9. The first-order valence-corrected chi connectivity index (χ1v) is 11.3. The van der Waals surface area contributed by atoms with Gasteiger partial charge in [-0.1, -0.05) is 61.5 Å². The molecule has 33 heavy (non-hydrogen) atoms. The van der Waals surface area contributed by atoms with Gasteiger partial charge in [-0.15, -0.1) is 0 Å². The summed E-state index contributed by atoms with van der Waals surface area (Å²) >= 11 is 0. The first-order chi connectivity index (χ1) is 16.0. The van der Waals surface area contributed by atoms with Gasteiger partial charge >= 0.3 is 0 Å². The van der Waals surface area contributed by atoms with Crippen molar-refractivity contribution < 1.29 is 18.5 Å². The molecule has 2 N–H and O–H groups in total. The lowest BCUT2D eigenvalue weighted by Crippen LogP contribution is -2.44. The monoisotopic (exact) mass is 449 g/mol. The summed E-state index contributed by atoms with van der Waals surface area (Å²) in [5, 5.41) is 9.72. The van der Waals surface area contributed by atoms with Crippen LogP contribution in [0.1, 0.15) is 55.3 Å². The number of halogens is 1. The highest BCUT2D eigenvalue weighted by molar-refractivity contribution is 5.94. The number of benzene rings is 2. The number of hydrogen-bond donors (Lipinski definition) is 2. The van der Waals surface area contributed by atoms with Crippen molar-refractivity contribution in [2.45, 2.75) is 51.1 Å². The molecule has 0 aliphatic carbocycles. The minimum Gasteiger partial charge on any atom is -0.364 e. The molecular formula is C26H28FN3O3. The van der Waals surface area contributed by atoms with Crippen LogP contribution in [0, 0.1) is 5.82 Å². The first-order valence-electron chi connectivity index (χ1n) is 11.3. The Bertz CT molecular complexity index is 1110. The van der Waals surface area contributed by atoms with Crippen molar-refractivity contribution in [1.82, 2.24) is 15.8 Å². The number of Topliss-reactive ketones (excluding diaryl/α,β-unsaturated/α-hetero) is 1. The van der Waals surface area contributed by atoms with Gasteiger partial charge in [0.2, 0.25) is 5.91 Å². The van der Waals surface area contributed by atoms with Crippen LogP contribution in [0.2, 0.25) is 0 Å². The van der Waals surface area contributed by atoms with Crippen LogP contribution in [0.4, 0.5) is 4.39 Å². The van der Waals surface area contributed by atoms with Gasteiger partial charge in [-0.3, -0.25) is 9.59 Å². The predicted octanol–water partition coefficient (Wildman–Crippen LogP) is 4.33. The summed E-state index contributed by atoms with van der Waals surface area (Å²) in [4.78, 5) is 26.4. The maximum Gasteiger partial charge on any atom is 0.237 e. The van der Waals surface area contributed by atoms with Crippen molar-refractivity contribution in [2.75, 3.05) is 6.54 Å². The fraction of sp³-hybridized carbons (Fsp3) is 0.346. The Hall–Kier alpha value is -3.32. The van der Waals surface area contributed by atoms with Gasteiger partial charge < -0.3 is 15.2 Å². The molecule has 7 heteroatoms. The normalized spacial score (nSPS) is 16.7. The highest BCUT2D eigenvalue weighted by atomic mass is 19.1. The molecule has 3 aromatic rings. The minimum absolute atomic E-state index is 0.00826. The molecule has 2 atom stereocenters. The molecule has 1 saturated heterocycles. The SMILES string of the molecule is CC(C)c1ccc(C(NC(=O)C2CCCN2)C(=O)Cc2cnoc2)c(-c2ccccc2)c1F. The van der Waals surface area contributed by atoms with E-state index in [0.717, 1.165) is 13.0 Å². The maximum absolute atomic E-state index is 15.8. The van der Waals surface area contributed by atoms with E-state index >= 15 is 4.39 Å². The number of carbonyl (C=O) groups is 2. The van der Waals surface area contributed by atoms with Crippen molar-refractivity contribution >= 4 is 11.7 Å². The van der Waals surface area contributed by atoms with Gasteiger partial charge in [0, 0.05) is 17.5 Å². The molecule has 172 valence electrons. The van der Waals surface area contributed by atoms with Crippen molar-refractivity contribution in [2.24, 2.45) is 0 Å². The lowest BCUT2D eigenvalue weighted by Gasteiger charge is -2.24. The predicted molar refractivity (Wildman–Crippen MR) is 123 cm³/mol. The fourth-order valence-corrected chi connectivity index (χ4v) is 4.29. The zero-order valence-corrected chi connectivity index (χ0v) is 18.8. The van der Waals surface area contributed by atoms with Crippen molar-refractivity contribution in [3.63, 3.8) is 0 Å². The van der Waals surface area contributed by atoms with E-state index in [1.54, 1.807) is 12.1 Å². The summed E-state index contributed by atoms with van der Waals surface area (Å²) in [7, 11) is 0. The molecular weight excluding hydrogens is 421 g/mol. The number of nitrogens with zero attached hydrogens (tertiary/aromatic N) is 1. The van der Waals surface area contributed by atoms with E-state index in [9.17, 15) is 9.59 Å². The Morgan fingerprint density at radius 2 is 1.94 bits per heavy atom. The second-order valence-corrected chi connectivity index (χ2v) is 8.72. The van der Waals surface area contributed by atoms with E-state index in [1.807, 2.05) is 44.2 Å². The third-order valence-electron chi connectivity index (χ3n) is 6.05. The summed E-state index contributed by atoms with van der Waals surface area (Å²) in [6.07, 6.45) is 4.47. The second-order valence-electron chi connectivity index (χ2n) is 8.72. The Balaban J connectivity index is 1.80. The standard InChI is InChI=1S/C26H28FN3O3/c1-16(2)19-10-11-20(23(24(19)27)18-7-4-3-5-8-18)25(22(31)13-17-14-29-33-15-17)30-26(32)21-9-6-12-28-21/h3-5,7-8,10-11,14-16,21,25,28H,6,9,12-13H2,1-2H3,(H,30,32). The van der Waals surface area contributed by atoms with Crippen molar-refractivity contribution in [3.05, 3.63) is 77.4 Å². The van der Waals surface area contributed by atoms with E-state index < -0.39 is 6.04 Å². The molecule has 0 saturated carbocycles. The van der Waals surface area contributed by atoms with E-state index in [1.165, 1.54) is 12.5 Å². The second kappa shape index (κ2) is 10.1. The highest BCUT2D eigenvalue weighted by Crippen LogP contribution is 2.36. The molecule has 6 nitrogen and oxygen atoms in total. The van der Waals surface area contributed by atoms with Crippen LogP contribution in [0.25, 0.3) is 11.1 Å². The van der Waals surface area contributed by atoms with Crippen LogP contribution < -0.4 is 10.6 Å². The molecule has 4 rings (SSSR count). The van der Waals surface area contributed by atoms with Crippen molar-refractivity contribution in [1.29, 1.82) is 0 Å². The Labute approximate surface area is 192 Å². The number of carbonyl (C=O) groups excluding carboxylic acids is 2. The molecule has 1 aliphatic heterocycles. The smallest absolute Gasteiger partial charge is 0.237 e. The third-order valence-corrected chi connectivity index (χ3v) is 6.05. The Morgan fingerprint density at radius 3 is 2.58 bits per heavy atom. The summed E-state index contributed by atoms with van der Waals surface area (Å²) in [5.41, 5.74) is 2.59. The number of ketones is 1. The average molecular weight is 450 g/mol. The van der Waals surface area contributed by atoms with Crippen LogP contribution in [0.3, 0.4) is 0 Å². The van der Waals surface area contributed by atoms with E-state index in [2.05, 4.69) is 15.8 Å². The molecule has 0 radical (unpaired) electrons. The van der Waals surface area contributed by atoms with Crippen LogP contribution in [-0.2, 0) is 16.0 Å². The number of aromatic nitrogens is 1. The van der Waals surface area contributed by atoms with Crippen LogP contribution in [-0.4, -0.2) is 29.4 Å². The number of rotatable bonds is 8. The van der Waals surface area contributed by atoms with Gasteiger partial charge in [-0.25, -0.2) is 4.39 Å². The quantitative estimate of drug-likeness (QED) is 0.535. The summed E-state index contributed by atoms with van der Waals surface area (Å²) in [5.74, 6) is -0.934. The molecule has 2 aromatic carbocycles. The zero-order valence-electron chi connectivity index (χ0n) is 18.8. The molecule has 1 fully saturated rings. The van der Waals surface area contributed by atoms with Gasteiger partial charge in [0.1, 0.15) is 18.1 Å².